The summed E-state index contributed by atoms with van der Waals surface area (Å²) in [5.74, 6) is 0. The second-order valence-electron chi connectivity index (χ2n) is 20.8. The van der Waals surface area contributed by atoms with Crippen LogP contribution in [0.4, 0.5) is 0 Å². The summed E-state index contributed by atoms with van der Waals surface area (Å²) in [5.41, 5.74) is 12.8. The largest absolute Gasteiger partial charge is 3.00 e. The van der Waals surface area contributed by atoms with Crippen molar-refractivity contribution in [2.24, 2.45) is 0 Å². The molecule has 3 amide bonds. The molecule has 0 saturated heterocycles. The number of nitrogens with zero attached hydrogens (tertiary/aromatic N) is 17. The van der Waals surface area contributed by atoms with Gasteiger partial charge in [-0.25, -0.2) is 30.6 Å². The molecular formula is C55H105B2Fe4N17O3S9W2-6. The third kappa shape index (κ3) is 45.2. The van der Waals surface area contributed by atoms with Crippen LogP contribution in [0.5, 0.6) is 0 Å². The molecule has 6 aromatic heterocycles. The molecule has 6 heterocycles. The maximum Gasteiger partial charge on any atom is 3.00 e. The van der Waals surface area contributed by atoms with Gasteiger partial charge in [-0.05, 0) is 209 Å². The van der Waals surface area contributed by atoms with Crippen LogP contribution in [0, 0.1) is 83.1 Å². The van der Waals surface area contributed by atoms with Crippen LogP contribution in [0.2, 0.25) is 0 Å². The maximum atomic E-state index is 9.43. The third-order valence-electron chi connectivity index (χ3n) is 14.2. The van der Waals surface area contributed by atoms with E-state index in [0.29, 0.717) is 0 Å². The van der Waals surface area contributed by atoms with Crippen LogP contribution in [0.15, 0.2) is 36.4 Å². The summed E-state index contributed by atoms with van der Waals surface area (Å²) in [5, 5.41) is 28.2. The summed E-state index contributed by atoms with van der Waals surface area (Å²) in [7, 11) is 7.61. The fourth-order valence-corrected chi connectivity index (χ4v) is 9.21. The first kappa shape index (κ1) is 132. The minimum Gasteiger partial charge on any atom is -2.00 e. The number of carbonyl (C=O) groups is 3. The Balaban J connectivity index is -0.0000000552. The van der Waals surface area contributed by atoms with Crippen molar-refractivity contribution in [1.29, 1.82) is 0 Å². The van der Waals surface area contributed by atoms with Gasteiger partial charge in [0.25, 0.3) is 0 Å². The first-order valence-electron chi connectivity index (χ1n) is 27.6. The van der Waals surface area contributed by atoms with Crippen LogP contribution < -0.4 is 0 Å². The molecule has 6 aromatic rings. The molecule has 4 radical (unpaired) electrons. The Hall–Kier alpha value is 0.324. The number of rotatable bonds is 17. The molecule has 0 aromatic carbocycles. The standard InChI is InChI=1S/2C15H22BN6.2C8H20N.3C3H7NO.4Fe.9S.2W/c2*1-10-7-13(4)20(17-10)16(21-14(5)8-11(2)18-21)22-15(6)9-12(3)19-22;2*1-5-9(6-2,7-3)8-4;3*1-4(2)3-5;;;;;;;;;;;;;;;/h2*7-9,16H,1-6H3;2*5-8H2,1-4H3;3*3H,1-2H3;;;;;;;;;;;;;;;/q2*-1;2*+1;;;;4*+3;9*-2;;. The van der Waals surface area contributed by atoms with Crippen molar-refractivity contribution in [2.45, 2.75) is 138 Å². The second-order valence-corrected chi connectivity index (χ2v) is 20.8. The predicted molar refractivity (Wildman–Crippen MR) is 387 cm³/mol. The molecule has 6 rings (SSSR count). The zero-order valence-corrected chi connectivity index (χ0v) is 76.6. The number of carbonyl (C=O) groups excluding carboxylic acids is 3. The molecule has 0 atom stereocenters. The summed E-state index contributed by atoms with van der Waals surface area (Å²) in [4.78, 5) is 32.6. The van der Waals surface area contributed by atoms with Crippen molar-refractivity contribution >= 4 is 155 Å². The van der Waals surface area contributed by atoms with Gasteiger partial charge in [-0.15, -0.1) is 0 Å². The van der Waals surface area contributed by atoms with Crippen LogP contribution in [0.1, 0.15) is 124 Å². The topological polar surface area (TPSA) is 168 Å². The first-order valence-corrected chi connectivity index (χ1v) is 27.6. The van der Waals surface area contributed by atoms with Gasteiger partial charge in [-0.1, -0.05) is 0 Å². The molecule has 0 saturated carbocycles. The average Bonchev–Trinajstić information content (AvgIpc) is 4.24. The molecule has 0 spiro atoms. The maximum absolute atomic E-state index is 9.43. The molecule has 0 N–H and O–H groups in total. The van der Waals surface area contributed by atoms with E-state index in [4.69, 9.17) is 30.6 Å². The van der Waals surface area contributed by atoms with Crippen LogP contribution in [0.25, 0.3) is 0 Å². The summed E-state index contributed by atoms with van der Waals surface area (Å²) >= 11 is 0. The van der Waals surface area contributed by atoms with Crippen LogP contribution in [-0.4, -0.2) is 210 Å². The summed E-state index contributed by atoms with van der Waals surface area (Å²) in [6, 6.07) is 12.6. The van der Waals surface area contributed by atoms with Crippen molar-refractivity contribution < 1.29 is 134 Å². The summed E-state index contributed by atoms with van der Waals surface area (Å²) in [6.07, 6.45) is 2.25. The molecule has 0 unspecified atom stereocenters. The van der Waals surface area contributed by atoms with E-state index in [-0.39, 0.29) is 232 Å². The Bertz CT molecular complexity index is 2250. The third-order valence-corrected chi connectivity index (χ3v) is 14.2. The molecule has 0 aliphatic rings. The smallest absolute Gasteiger partial charge is 2.00 e. The van der Waals surface area contributed by atoms with E-state index in [1.54, 1.807) is 42.3 Å². The van der Waals surface area contributed by atoms with Crippen molar-refractivity contribution in [3.05, 3.63) is 105 Å². The van der Waals surface area contributed by atoms with E-state index in [1.165, 1.54) is 76.0 Å². The molecule has 20 nitrogen and oxygen atoms in total. The van der Waals surface area contributed by atoms with Crippen LogP contribution in [0.3, 0.4) is 0 Å². The van der Waals surface area contributed by atoms with Gasteiger partial charge >= 0.3 is 82.5 Å². The number of hydrogen-bond acceptors (Lipinski definition) is 9. The van der Waals surface area contributed by atoms with Gasteiger partial charge in [0, 0.05) is 84.4 Å². The number of quaternary nitrogens is 2. The minimum absolute atomic E-state index is 0. The molecule has 538 valence electrons. The van der Waals surface area contributed by atoms with Crippen LogP contribution in [-0.2, 0) is 246 Å². The van der Waals surface area contributed by atoms with Gasteiger partial charge in [0.2, 0.25) is 19.2 Å². The average molecular weight is 1950 g/mol. The Morgan fingerprint density at radius 2 is 0.402 bits per heavy atom. The normalized spacial score (nSPS) is 9.00. The van der Waals surface area contributed by atoms with Crippen molar-refractivity contribution in [1.82, 2.24) is 72.8 Å². The minimum atomic E-state index is -1.26. The molecule has 0 fully saturated rings. The molecule has 92 heavy (non-hydrogen) atoms. The Kier molecular flexibility index (Phi) is 98.4. The van der Waals surface area contributed by atoms with Gasteiger partial charge in [0.05, 0.1) is 86.5 Å². The van der Waals surface area contributed by atoms with E-state index in [9.17, 15) is 14.4 Å². The Morgan fingerprint density at radius 3 is 0.446 bits per heavy atom. The number of amides is 3. The quantitative estimate of drug-likeness (QED) is 0.0569. The summed E-state index contributed by atoms with van der Waals surface area (Å²) < 4.78 is 14.9. The van der Waals surface area contributed by atoms with Gasteiger partial charge in [0.15, 0.2) is 0 Å². The van der Waals surface area contributed by atoms with Crippen molar-refractivity contribution in [3.8, 4) is 0 Å². The first-order chi connectivity index (χ1) is 36.0. The number of aryl methyl sites for hydroxylation is 12. The number of aromatic nitrogens is 12. The van der Waals surface area contributed by atoms with Crippen LogP contribution >= 0.6 is 0 Å². The van der Waals surface area contributed by atoms with Gasteiger partial charge in [0.1, 0.15) is 0 Å². The Labute approximate surface area is 691 Å². The SMILES string of the molecule is CC[N+](CC)(CC)CC.CC[N+](CC)(CC)CC.CN(C)C=O.CN(C)C=O.CN(C)C=O.Cc1cc(C)n([BH-](n2nc(C)cc2C)n2nc(C)cc2C)n1.Cc1cc(C)n([BH-](n2nc(C)cc2C)n2nc(C)cc2C)n1.[Fe+3].[Fe+3].[Fe+3].[Fe+3].[S-2].[S-2].[S-2].[S-2].[S-2].[S-2].[S-2].[S-2].[S-2].[W].[W]. The van der Waals surface area contributed by atoms with E-state index in [1.807, 2.05) is 41.5 Å². The van der Waals surface area contributed by atoms with Crippen molar-refractivity contribution in [3.63, 3.8) is 0 Å². The molecule has 37 heteroatoms. The van der Waals surface area contributed by atoms with E-state index >= 15 is 0 Å². The van der Waals surface area contributed by atoms with Gasteiger partial charge in [-0.2, -0.15) is 0 Å². The molecule has 0 bridgehead atoms. The zero-order chi connectivity index (χ0) is 59.5. The summed E-state index contributed by atoms with van der Waals surface area (Å²) in [6.45, 7) is 53.0. The monoisotopic (exact) mass is 1950 g/mol. The fraction of sp³-hybridized carbons (Fsp3) is 0.618. The van der Waals surface area contributed by atoms with Gasteiger partial charge < -0.3 is 173 Å². The van der Waals surface area contributed by atoms with Gasteiger partial charge in [-0.3, -0.25) is 14.4 Å². The molecular weight excluding hydrogens is 1850 g/mol. The predicted octanol–water partition coefficient (Wildman–Crippen LogP) is 6.42. The van der Waals surface area contributed by atoms with E-state index < -0.39 is 14.2 Å². The van der Waals surface area contributed by atoms with Crippen molar-refractivity contribution in [2.75, 3.05) is 94.6 Å². The zero-order valence-electron chi connectivity index (χ0n) is 59.0. The number of hydrogen-bond donors (Lipinski definition) is 0. The van der Waals surface area contributed by atoms with E-state index in [2.05, 4.69) is 161 Å². The molecule has 0 aliphatic carbocycles. The Morgan fingerprint density at radius 1 is 0.304 bits per heavy atom. The fourth-order valence-electron chi connectivity index (χ4n) is 9.21. The second kappa shape index (κ2) is 68.5. The van der Waals surface area contributed by atoms with E-state index in [0.717, 1.165) is 87.6 Å². The molecule has 0 aliphatic heterocycles.